The summed E-state index contributed by atoms with van der Waals surface area (Å²) in [5.41, 5.74) is 3.40. The van der Waals surface area contributed by atoms with E-state index in [0.717, 1.165) is 31.6 Å². The predicted octanol–water partition coefficient (Wildman–Crippen LogP) is 3.49. The molecule has 3 aromatic carbocycles. The molecule has 3 amide bonds. The minimum Gasteiger partial charge on any atom is -0.348 e. The first-order chi connectivity index (χ1) is 16.1. The SMILES string of the molecule is O=C(NC1CCN(Cc2ccccc2)C1)c1cccc(CN2C(=O)c3ccccc3C2=O)c1. The van der Waals surface area contributed by atoms with E-state index in [9.17, 15) is 14.4 Å². The lowest BCUT2D eigenvalue weighted by atomic mass is 10.1. The van der Waals surface area contributed by atoms with Crippen molar-refractivity contribution in [1.29, 1.82) is 0 Å². The number of hydrogen-bond acceptors (Lipinski definition) is 4. The highest BCUT2D eigenvalue weighted by Gasteiger charge is 2.35. The Morgan fingerprint density at radius 3 is 2.21 bits per heavy atom. The molecule has 3 aromatic rings. The van der Waals surface area contributed by atoms with Gasteiger partial charge in [0.1, 0.15) is 0 Å². The lowest BCUT2D eigenvalue weighted by molar-refractivity contribution is 0.0642. The molecule has 0 aliphatic carbocycles. The zero-order valence-corrected chi connectivity index (χ0v) is 18.2. The van der Waals surface area contributed by atoms with Crippen molar-refractivity contribution in [3.05, 3.63) is 107 Å². The number of likely N-dealkylation sites (tertiary alicyclic amines) is 1. The average Bonchev–Trinajstić information content (AvgIpc) is 3.37. The molecular formula is C27H25N3O3. The van der Waals surface area contributed by atoms with E-state index in [0.29, 0.717) is 16.7 Å². The predicted molar refractivity (Wildman–Crippen MR) is 125 cm³/mol. The van der Waals surface area contributed by atoms with Gasteiger partial charge in [0.15, 0.2) is 0 Å². The molecule has 2 aliphatic heterocycles. The van der Waals surface area contributed by atoms with Crippen LogP contribution in [0.4, 0.5) is 0 Å². The van der Waals surface area contributed by atoms with Crippen LogP contribution in [0.15, 0.2) is 78.9 Å². The van der Waals surface area contributed by atoms with Gasteiger partial charge in [0.25, 0.3) is 17.7 Å². The molecule has 1 N–H and O–H groups in total. The first-order valence-corrected chi connectivity index (χ1v) is 11.2. The van der Waals surface area contributed by atoms with Crippen molar-refractivity contribution in [3.63, 3.8) is 0 Å². The monoisotopic (exact) mass is 439 g/mol. The number of carbonyl (C=O) groups excluding carboxylic acids is 3. The van der Waals surface area contributed by atoms with Gasteiger partial charge in [0.2, 0.25) is 0 Å². The second kappa shape index (κ2) is 9.00. The average molecular weight is 440 g/mol. The zero-order chi connectivity index (χ0) is 22.8. The van der Waals surface area contributed by atoms with Crippen molar-refractivity contribution in [2.45, 2.75) is 25.6 Å². The van der Waals surface area contributed by atoms with Crippen LogP contribution in [-0.2, 0) is 13.1 Å². The number of imide groups is 1. The Bertz CT molecular complexity index is 1170. The number of fused-ring (bicyclic) bond motifs is 1. The van der Waals surface area contributed by atoms with Crippen molar-refractivity contribution >= 4 is 17.7 Å². The summed E-state index contributed by atoms with van der Waals surface area (Å²) < 4.78 is 0. The van der Waals surface area contributed by atoms with Crippen molar-refractivity contribution in [2.75, 3.05) is 13.1 Å². The molecule has 1 saturated heterocycles. The van der Waals surface area contributed by atoms with Crippen molar-refractivity contribution < 1.29 is 14.4 Å². The molecule has 0 aromatic heterocycles. The maximum absolute atomic E-state index is 12.9. The van der Waals surface area contributed by atoms with Crippen LogP contribution in [0.3, 0.4) is 0 Å². The molecule has 1 unspecified atom stereocenters. The maximum Gasteiger partial charge on any atom is 0.261 e. The van der Waals surface area contributed by atoms with E-state index < -0.39 is 0 Å². The molecule has 6 nitrogen and oxygen atoms in total. The number of nitrogens with one attached hydrogen (secondary N) is 1. The molecule has 0 radical (unpaired) electrons. The Morgan fingerprint density at radius 1 is 0.818 bits per heavy atom. The molecule has 1 atom stereocenters. The van der Waals surface area contributed by atoms with E-state index >= 15 is 0 Å². The van der Waals surface area contributed by atoms with Gasteiger partial charge in [-0.25, -0.2) is 0 Å². The third kappa shape index (κ3) is 4.43. The second-order valence-electron chi connectivity index (χ2n) is 8.62. The molecule has 6 heteroatoms. The summed E-state index contributed by atoms with van der Waals surface area (Å²) in [5, 5.41) is 3.14. The summed E-state index contributed by atoms with van der Waals surface area (Å²) in [4.78, 5) is 41.8. The molecule has 0 bridgehead atoms. The van der Waals surface area contributed by atoms with Crippen LogP contribution in [0.2, 0.25) is 0 Å². The molecule has 2 heterocycles. The molecule has 33 heavy (non-hydrogen) atoms. The van der Waals surface area contributed by atoms with Crippen LogP contribution in [0.5, 0.6) is 0 Å². The Labute approximate surface area is 192 Å². The minimum atomic E-state index is -0.296. The summed E-state index contributed by atoms with van der Waals surface area (Å²) in [5.74, 6) is -0.726. The van der Waals surface area contributed by atoms with E-state index in [1.54, 1.807) is 42.5 Å². The first-order valence-electron chi connectivity index (χ1n) is 11.2. The van der Waals surface area contributed by atoms with Gasteiger partial charge in [-0.05, 0) is 41.8 Å². The summed E-state index contributed by atoms with van der Waals surface area (Å²) in [6.45, 7) is 2.78. The highest BCUT2D eigenvalue weighted by molar-refractivity contribution is 6.21. The highest BCUT2D eigenvalue weighted by Crippen LogP contribution is 2.24. The molecule has 1 fully saturated rings. The topological polar surface area (TPSA) is 69.7 Å². The van der Waals surface area contributed by atoms with Crippen LogP contribution in [0.1, 0.15) is 48.6 Å². The van der Waals surface area contributed by atoms with Gasteiger partial charge in [0, 0.05) is 31.2 Å². The normalized spacial score (nSPS) is 17.9. The quantitative estimate of drug-likeness (QED) is 0.597. The minimum absolute atomic E-state index is 0.0982. The first kappa shape index (κ1) is 21.1. The van der Waals surface area contributed by atoms with E-state index in [1.807, 2.05) is 24.3 Å². The smallest absolute Gasteiger partial charge is 0.261 e. The number of carbonyl (C=O) groups is 3. The standard InChI is InChI=1S/C27H25N3O3/c31-25(28-22-13-14-29(18-22)16-19-7-2-1-3-8-19)21-10-6-9-20(15-21)17-30-26(32)23-11-4-5-12-24(23)27(30)33/h1-12,15,22H,13-14,16-18H2,(H,28,31). The molecule has 2 aliphatic rings. The molecule has 0 spiro atoms. The van der Waals surface area contributed by atoms with Gasteiger partial charge in [-0.2, -0.15) is 0 Å². The van der Waals surface area contributed by atoms with Crippen LogP contribution in [-0.4, -0.2) is 46.7 Å². The Morgan fingerprint density at radius 2 is 1.48 bits per heavy atom. The highest BCUT2D eigenvalue weighted by atomic mass is 16.2. The van der Waals surface area contributed by atoms with E-state index in [-0.39, 0.29) is 30.3 Å². The Balaban J connectivity index is 1.20. The van der Waals surface area contributed by atoms with Crippen LogP contribution >= 0.6 is 0 Å². The number of rotatable bonds is 6. The van der Waals surface area contributed by atoms with Crippen molar-refractivity contribution in [2.24, 2.45) is 0 Å². The summed E-state index contributed by atoms with van der Waals surface area (Å²) in [6.07, 6.45) is 0.910. The number of benzene rings is 3. The fourth-order valence-corrected chi connectivity index (χ4v) is 4.58. The van der Waals surface area contributed by atoms with Crippen molar-refractivity contribution in [3.8, 4) is 0 Å². The largest absolute Gasteiger partial charge is 0.348 e. The van der Waals surface area contributed by atoms with Crippen LogP contribution in [0, 0.1) is 0 Å². The molecular weight excluding hydrogens is 414 g/mol. The van der Waals surface area contributed by atoms with E-state index in [2.05, 4.69) is 22.3 Å². The summed E-state index contributed by atoms with van der Waals surface area (Å²) in [7, 11) is 0. The van der Waals surface area contributed by atoms with Gasteiger partial charge in [-0.15, -0.1) is 0 Å². The van der Waals surface area contributed by atoms with Crippen molar-refractivity contribution in [1.82, 2.24) is 15.1 Å². The summed E-state index contributed by atoms with van der Waals surface area (Å²) >= 11 is 0. The van der Waals surface area contributed by atoms with Crippen LogP contribution < -0.4 is 5.32 Å². The lowest BCUT2D eigenvalue weighted by Gasteiger charge is -2.17. The second-order valence-corrected chi connectivity index (χ2v) is 8.62. The molecule has 0 saturated carbocycles. The Hall–Kier alpha value is -3.77. The summed E-state index contributed by atoms with van der Waals surface area (Å²) in [6, 6.07) is 24.4. The number of nitrogens with zero attached hydrogens (tertiary/aromatic N) is 2. The third-order valence-electron chi connectivity index (χ3n) is 6.26. The maximum atomic E-state index is 12.9. The van der Waals surface area contributed by atoms with Crippen LogP contribution in [0.25, 0.3) is 0 Å². The Kier molecular flexibility index (Phi) is 5.75. The van der Waals surface area contributed by atoms with Gasteiger partial charge in [0.05, 0.1) is 17.7 Å². The van der Waals surface area contributed by atoms with E-state index in [1.165, 1.54) is 10.5 Å². The molecule has 166 valence electrons. The third-order valence-corrected chi connectivity index (χ3v) is 6.26. The lowest BCUT2D eigenvalue weighted by Crippen LogP contribution is -2.37. The number of hydrogen-bond donors (Lipinski definition) is 1. The number of amides is 3. The van der Waals surface area contributed by atoms with Gasteiger partial charge in [-0.1, -0.05) is 54.6 Å². The van der Waals surface area contributed by atoms with Gasteiger partial charge in [-0.3, -0.25) is 24.2 Å². The van der Waals surface area contributed by atoms with E-state index in [4.69, 9.17) is 0 Å². The fourth-order valence-electron chi connectivity index (χ4n) is 4.58. The van der Waals surface area contributed by atoms with Gasteiger partial charge >= 0.3 is 0 Å². The molecule has 5 rings (SSSR count). The zero-order valence-electron chi connectivity index (χ0n) is 18.2. The fraction of sp³-hybridized carbons (Fsp3) is 0.222. The van der Waals surface area contributed by atoms with Gasteiger partial charge < -0.3 is 5.32 Å².